The number of hydrogen-bond donors (Lipinski definition) is 3. The number of H-pyrrole nitrogens is 1. The van der Waals surface area contributed by atoms with Crippen LogP contribution >= 0.6 is 0 Å². The first-order chi connectivity index (χ1) is 16.7. The summed E-state index contributed by atoms with van der Waals surface area (Å²) in [4.78, 5) is 24.8. The Bertz CT molecular complexity index is 1380. The second-order valence-corrected chi connectivity index (χ2v) is 7.75. The van der Waals surface area contributed by atoms with Crippen LogP contribution in [0, 0.1) is 0 Å². The van der Waals surface area contributed by atoms with Gasteiger partial charge >= 0.3 is 0 Å². The molecule has 6 nitrogen and oxygen atoms in total. The van der Waals surface area contributed by atoms with Crippen molar-refractivity contribution in [1.29, 1.82) is 0 Å². The van der Waals surface area contributed by atoms with E-state index in [1.807, 2.05) is 72.9 Å². The summed E-state index contributed by atoms with van der Waals surface area (Å²) in [5.41, 5.74) is 4.91. The molecular weight excluding hydrogens is 422 g/mol. The fourth-order valence-electron chi connectivity index (χ4n) is 3.44. The van der Waals surface area contributed by atoms with E-state index in [2.05, 4.69) is 45.5 Å². The van der Waals surface area contributed by atoms with E-state index in [9.17, 15) is 4.79 Å². The third-order valence-electron chi connectivity index (χ3n) is 4.93. The molecule has 0 saturated heterocycles. The van der Waals surface area contributed by atoms with Crippen LogP contribution in [0.2, 0.25) is 0 Å². The molecule has 0 atom stereocenters. The van der Waals surface area contributed by atoms with E-state index in [0.717, 1.165) is 33.5 Å². The van der Waals surface area contributed by atoms with Gasteiger partial charge in [-0.3, -0.25) is 4.79 Å². The maximum atomic E-state index is 12.6. The van der Waals surface area contributed by atoms with Crippen LogP contribution < -0.4 is 10.6 Å². The molecule has 5 aromatic rings. The first-order valence-corrected chi connectivity index (χ1v) is 11.3. The Labute approximate surface area is 199 Å². The molecule has 0 aliphatic carbocycles. The number of fused-ring (bicyclic) bond motifs is 1. The third kappa shape index (κ3) is 5.48. The highest BCUT2D eigenvalue weighted by Crippen LogP contribution is 2.27. The maximum absolute atomic E-state index is 12.6. The zero-order valence-corrected chi connectivity index (χ0v) is 19.2. The lowest BCUT2D eigenvalue weighted by atomic mass is 10.1. The quantitative estimate of drug-likeness (QED) is 0.269. The molecule has 0 aliphatic heterocycles. The average molecular weight is 450 g/mol. The second-order valence-electron chi connectivity index (χ2n) is 7.75. The van der Waals surface area contributed by atoms with Gasteiger partial charge in [-0.15, -0.1) is 0 Å². The first-order valence-electron chi connectivity index (χ1n) is 11.3. The van der Waals surface area contributed by atoms with E-state index in [-0.39, 0.29) is 5.91 Å². The molecule has 170 valence electrons. The molecule has 0 saturated carbocycles. The minimum absolute atomic E-state index is 0.177. The van der Waals surface area contributed by atoms with Crippen molar-refractivity contribution >= 4 is 34.1 Å². The van der Waals surface area contributed by atoms with Crippen molar-refractivity contribution in [3.8, 4) is 11.3 Å². The molecule has 0 spiro atoms. The molecule has 34 heavy (non-hydrogen) atoms. The number of para-hydroxylation sites is 2. The van der Waals surface area contributed by atoms with E-state index in [1.165, 1.54) is 6.42 Å². The molecule has 0 fully saturated rings. The van der Waals surface area contributed by atoms with Crippen molar-refractivity contribution in [2.45, 2.75) is 20.3 Å². The number of nitrogens with zero attached hydrogens (tertiary/aromatic N) is 2. The molecule has 0 bridgehead atoms. The molecule has 0 aliphatic rings. The van der Waals surface area contributed by atoms with Crippen LogP contribution in [-0.4, -0.2) is 20.9 Å². The fraction of sp³-hybridized carbons (Fsp3) is 0.107. The number of carbonyl (C=O) groups is 1. The molecule has 6 heteroatoms. The van der Waals surface area contributed by atoms with Gasteiger partial charge in [-0.2, -0.15) is 0 Å². The molecule has 5 rings (SSSR count). The number of anilines is 3. The van der Waals surface area contributed by atoms with Crippen LogP contribution in [0.4, 0.5) is 17.3 Å². The minimum atomic E-state index is -0.177. The zero-order valence-electron chi connectivity index (χ0n) is 19.2. The summed E-state index contributed by atoms with van der Waals surface area (Å²) in [5.74, 6) is 0.284. The largest absolute Gasteiger partial charge is 0.360 e. The van der Waals surface area contributed by atoms with E-state index in [0.29, 0.717) is 11.5 Å². The average Bonchev–Trinajstić information content (AvgIpc) is 3.30. The molecule has 3 N–H and O–H groups in total. The number of aromatic amines is 1. The van der Waals surface area contributed by atoms with Crippen LogP contribution in [0.5, 0.6) is 0 Å². The minimum Gasteiger partial charge on any atom is -0.360 e. The zero-order chi connectivity index (χ0) is 23.8. The Morgan fingerprint density at radius 1 is 0.882 bits per heavy atom. The Hall–Kier alpha value is -4.45. The molecule has 2 aromatic heterocycles. The normalized spacial score (nSPS) is 10.3. The first kappa shape index (κ1) is 22.7. The molecule has 3 aromatic carbocycles. The van der Waals surface area contributed by atoms with Crippen molar-refractivity contribution in [2.24, 2.45) is 0 Å². The van der Waals surface area contributed by atoms with Gasteiger partial charge < -0.3 is 15.6 Å². The van der Waals surface area contributed by atoms with Crippen LogP contribution in [0.25, 0.3) is 22.2 Å². The number of carbonyl (C=O) groups excluding carboxylic acids is 1. The van der Waals surface area contributed by atoms with E-state index in [4.69, 9.17) is 0 Å². The number of amides is 1. The predicted molar refractivity (Wildman–Crippen MR) is 139 cm³/mol. The van der Waals surface area contributed by atoms with Gasteiger partial charge in [-0.1, -0.05) is 62.7 Å². The second kappa shape index (κ2) is 10.9. The van der Waals surface area contributed by atoms with Gasteiger partial charge in [0, 0.05) is 45.8 Å². The van der Waals surface area contributed by atoms with Crippen LogP contribution in [0.3, 0.4) is 0 Å². The smallest absolute Gasteiger partial charge is 0.255 e. The Morgan fingerprint density at radius 2 is 1.62 bits per heavy atom. The summed E-state index contributed by atoms with van der Waals surface area (Å²) in [6.07, 6.45) is 4.92. The number of hydrogen-bond acceptors (Lipinski definition) is 4. The predicted octanol–water partition coefficient (Wildman–Crippen LogP) is 7.04. The summed E-state index contributed by atoms with van der Waals surface area (Å²) < 4.78 is 0. The van der Waals surface area contributed by atoms with Crippen molar-refractivity contribution < 1.29 is 4.79 Å². The lowest BCUT2D eigenvalue weighted by molar-refractivity contribution is 0.102. The van der Waals surface area contributed by atoms with Gasteiger partial charge in [0.25, 0.3) is 5.91 Å². The molecule has 0 radical (unpaired) electrons. The van der Waals surface area contributed by atoms with Gasteiger partial charge in [-0.05, 0) is 42.5 Å². The van der Waals surface area contributed by atoms with Crippen LogP contribution in [0.1, 0.15) is 30.6 Å². The Kier molecular flexibility index (Phi) is 7.30. The Morgan fingerprint density at radius 3 is 2.44 bits per heavy atom. The molecule has 1 amide bonds. The van der Waals surface area contributed by atoms with Crippen molar-refractivity contribution in [2.75, 3.05) is 10.6 Å². The highest BCUT2D eigenvalue weighted by Gasteiger charge is 2.10. The van der Waals surface area contributed by atoms with Gasteiger partial charge in [0.2, 0.25) is 5.95 Å². The van der Waals surface area contributed by atoms with Gasteiger partial charge in [0.05, 0.1) is 5.69 Å². The summed E-state index contributed by atoms with van der Waals surface area (Å²) in [7, 11) is 0. The van der Waals surface area contributed by atoms with Crippen molar-refractivity contribution in [3.63, 3.8) is 0 Å². The van der Waals surface area contributed by atoms with Gasteiger partial charge in [0.15, 0.2) is 0 Å². The summed E-state index contributed by atoms with van der Waals surface area (Å²) in [6.45, 7) is 4.25. The molecule has 2 heterocycles. The Balaban J connectivity index is 0.000000868. The molecular formula is C28H27N5O. The lowest BCUT2D eigenvalue weighted by Gasteiger charge is -2.09. The third-order valence-corrected chi connectivity index (χ3v) is 4.93. The van der Waals surface area contributed by atoms with Crippen molar-refractivity contribution in [1.82, 2.24) is 15.0 Å². The fourth-order valence-corrected chi connectivity index (χ4v) is 3.44. The lowest BCUT2D eigenvalue weighted by Crippen LogP contribution is -2.12. The highest BCUT2D eigenvalue weighted by atomic mass is 16.1. The number of benzene rings is 3. The van der Waals surface area contributed by atoms with E-state index < -0.39 is 0 Å². The van der Waals surface area contributed by atoms with Crippen molar-refractivity contribution in [3.05, 3.63) is 103 Å². The van der Waals surface area contributed by atoms with Crippen LogP contribution in [0.15, 0.2) is 97.3 Å². The number of rotatable bonds is 5. The monoisotopic (exact) mass is 449 g/mol. The van der Waals surface area contributed by atoms with Crippen LogP contribution in [-0.2, 0) is 0 Å². The summed E-state index contributed by atoms with van der Waals surface area (Å²) in [6, 6.07) is 26.6. The summed E-state index contributed by atoms with van der Waals surface area (Å²) >= 11 is 0. The van der Waals surface area contributed by atoms with Gasteiger partial charge in [-0.25, -0.2) is 9.97 Å². The molecule has 0 unspecified atom stereocenters. The maximum Gasteiger partial charge on any atom is 0.255 e. The number of aromatic nitrogens is 3. The topological polar surface area (TPSA) is 82.7 Å². The highest BCUT2D eigenvalue weighted by molar-refractivity contribution is 6.04. The van der Waals surface area contributed by atoms with E-state index >= 15 is 0 Å². The standard InChI is InChI=1S/C25H19N5O.C3H8/c31-24(28-18-8-2-1-3-9-18)17-7-6-10-19(15-17)29-25-26-14-13-23(30-25)21-16-27-22-12-5-4-11-20(21)22;1-3-2/h1-16,27H,(H,28,31)(H,26,29,30);3H2,1-2H3. The SMILES string of the molecule is CCC.O=C(Nc1ccccc1)c1cccc(Nc2nccc(-c3c[nH]c4ccccc34)n2)c1. The van der Waals surface area contributed by atoms with Gasteiger partial charge in [0.1, 0.15) is 0 Å². The summed E-state index contributed by atoms with van der Waals surface area (Å²) in [5, 5.41) is 7.20. The van der Waals surface area contributed by atoms with E-state index in [1.54, 1.807) is 18.3 Å². The number of nitrogens with one attached hydrogen (secondary N) is 3.